The zero-order valence-corrected chi connectivity index (χ0v) is 20.0. The van der Waals surface area contributed by atoms with Gasteiger partial charge in [0.05, 0.1) is 28.6 Å². The Hall–Kier alpha value is -2.13. The minimum atomic E-state index is -0.211. The fraction of sp³-hybridized carbons (Fsp3) is 0.143. The zero-order valence-electron chi connectivity index (χ0n) is 16.0. The van der Waals surface area contributed by atoms with Gasteiger partial charge in [-0.2, -0.15) is 0 Å². The second-order valence-electron chi connectivity index (χ2n) is 6.18. The summed E-state index contributed by atoms with van der Waals surface area (Å²) < 4.78 is 11.8. The number of H-pyrrole nitrogens is 1. The monoisotopic (exact) mass is 522 g/mol. The van der Waals surface area contributed by atoms with Gasteiger partial charge in [0.1, 0.15) is 4.83 Å². The summed E-state index contributed by atoms with van der Waals surface area (Å²) in [6.07, 6.45) is 1.72. The highest BCUT2D eigenvalue weighted by Crippen LogP contribution is 2.38. The number of halogens is 2. The molecule has 9 heteroatoms. The Morgan fingerprint density at radius 2 is 2.20 bits per heavy atom. The van der Waals surface area contributed by atoms with Crippen molar-refractivity contribution in [1.82, 2.24) is 9.97 Å². The molecule has 0 spiro atoms. The number of benzene rings is 1. The zero-order chi connectivity index (χ0) is 21.3. The number of hydrogen-bond donors (Lipinski definition) is 1. The standard InChI is InChI=1S/C21H16BrClN2O3S2/c1-3-28-18-13(22)7-11(9-15(18)27-2)8-14(23)19-24-20(26)17-12(10-30-21(17)25-19)16-5-4-6-29-16/h4-10H,3H2,1-2H3,(H,24,25,26). The number of methoxy groups -OCH3 is 1. The molecule has 4 aromatic rings. The van der Waals surface area contributed by atoms with Gasteiger partial charge >= 0.3 is 0 Å². The van der Waals surface area contributed by atoms with Crippen molar-refractivity contribution < 1.29 is 9.47 Å². The van der Waals surface area contributed by atoms with Crippen LogP contribution in [0.2, 0.25) is 0 Å². The lowest BCUT2D eigenvalue weighted by Crippen LogP contribution is -2.10. The van der Waals surface area contributed by atoms with E-state index in [1.807, 2.05) is 41.9 Å². The third-order valence-electron chi connectivity index (χ3n) is 4.29. The first kappa shape index (κ1) is 21.1. The topological polar surface area (TPSA) is 64.2 Å². The van der Waals surface area contributed by atoms with Crippen LogP contribution in [0.5, 0.6) is 11.5 Å². The molecule has 0 saturated heterocycles. The maximum atomic E-state index is 12.8. The summed E-state index contributed by atoms with van der Waals surface area (Å²) in [5.74, 6) is 1.52. The van der Waals surface area contributed by atoms with Crippen LogP contribution in [-0.4, -0.2) is 23.7 Å². The normalized spacial score (nSPS) is 11.8. The molecule has 0 aliphatic rings. The molecule has 1 aromatic carbocycles. The van der Waals surface area contributed by atoms with Gasteiger partial charge in [-0.15, -0.1) is 22.7 Å². The van der Waals surface area contributed by atoms with Crippen LogP contribution >= 0.6 is 50.2 Å². The van der Waals surface area contributed by atoms with Crippen molar-refractivity contribution in [3.8, 4) is 21.9 Å². The molecule has 0 bridgehead atoms. The third-order valence-corrected chi connectivity index (χ3v) is 6.94. The smallest absolute Gasteiger partial charge is 0.260 e. The lowest BCUT2D eigenvalue weighted by Gasteiger charge is -2.12. The first-order valence-corrected chi connectivity index (χ1v) is 11.9. The summed E-state index contributed by atoms with van der Waals surface area (Å²) in [6, 6.07) is 7.63. The molecule has 4 rings (SSSR count). The molecule has 30 heavy (non-hydrogen) atoms. The fourth-order valence-corrected chi connectivity index (χ4v) is 5.55. The molecule has 154 valence electrons. The molecular weight excluding hydrogens is 508 g/mol. The Morgan fingerprint density at radius 3 is 2.90 bits per heavy atom. The van der Waals surface area contributed by atoms with Gasteiger partial charge in [-0.3, -0.25) is 4.79 Å². The number of fused-ring (bicyclic) bond motifs is 1. The summed E-state index contributed by atoms with van der Waals surface area (Å²) in [7, 11) is 1.58. The fourth-order valence-electron chi connectivity index (χ4n) is 3.00. The number of ether oxygens (including phenoxy) is 2. The van der Waals surface area contributed by atoms with Crippen LogP contribution in [0.15, 0.2) is 44.3 Å². The Labute approximate surface area is 194 Å². The average molecular weight is 524 g/mol. The highest BCUT2D eigenvalue weighted by atomic mass is 79.9. The molecule has 3 aromatic heterocycles. The molecule has 0 amide bonds. The van der Waals surface area contributed by atoms with Crippen LogP contribution in [0.3, 0.4) is 0 Å². The van der Waals surface area contributed by atoms with Crippen molar-refractivity contribution in [2.75, 3.05) is 13.7 Å². The van der Waals surface area contributed by atoms with E-state index in [4.69, 9.17) is 21.1 Å². The van der Waals surface area contributed by atoms with Gasteiger partial charge in [0.15, 0.2) is 17.3 Å². The predicted octanol–water partition coefficient (Wildman–Crippen LogP) is 6.62. The highest BCUT2D eigenvalue weighted by Gasteiger charge is 2.15. The van der Waals surface area contributed by atoms with E-state index in [-0.39, 0.29) is 5.56 Å². The first-order valence-electron chi connectivity index (χ1n) is 8.95. The van der Waals surface area contributed by atoms with E-state index in [1.165, 1.54) is 11.3 Å². The van der Waals surface area contributed by atoms with E-state index >= 15 is 0 Å². The van der Waals surface area contributed by atoms with Crippen LogP contribution in [0, 0.1) is 0 Å². The minimum Gasteiger partial charge on any atom is -0.493 e. The van der Waals surface area contributed by atoms with Crippen molar-refractivity contribution in [3.63, 3.8) is 0 Å². The van der Waals surface area contributed by atoms with Gasteiger partial charge in [0.25, 0.3) is 5.56 Å². The molecule has 3 heterocycles. The quantitative estimate of drug-likeness (QED) is 0.308. The molecular formula is C21H16BrClN2O3S2. The molecule has 0 fully saturated rings. The number of nitrogens with zero attached hydrogens (tertiary/aromatic N) is 1. The second kappa shape index (κ2) is 8.93. The number of aromatic nitrogens is 2. The minimum absolute atomic E-state index is 0.211. The number of rotatable bonds is 6. The summed E-state index contributed by atoms with van der Waals surface area (Å²) in [4.78, 5) is 21.9. The van der Waals surface area contributed by atoms with Crippen LogP contribution in [-0.2, 0) is 0 Å². The third kappa shape index (κ3) is 4.05. The summed E-state index contributed by atoms with van der Waals surface area (Å²) in [6.45, 7) is 2.42. The van der Waals surface area contributed by atoms with Crippen molar-refractivity contribution in [3.05, 3.63) is 61.2 Å². The number of aromatic amines is 1. The maximum Gasteiger partial charge on any atom is 0.260 e. The Balaban J connectivity index is 1.75. The Kier molecular flexibility index (Phi) is 6.29. The number of nitrogens with one attached hydrogen (secondary N) is 1. The lowest BCUT2D eigenvalue weighted by atomic mass is 10.1. The van der Waals surface area contributed by atoms with E-state index in [1.54, 1.807) is 24.5 Å². The highest BCUT2D eigenvalue weighted by molar-refractivity contribution is 9.10. The number of hydrogen-bond acceptors (Lipinski definition) is 6. The SMILES string of the molecule is CCOc1c(Br)cc(C=C(Cl)c2nc3scc(-c4cccs4)c3c(=O)[nH]2)cc1OC. The summed E-state index contributed by atoms with van der Waals surface area (Å²) in [5.41, 5.74) is 1.46. The summed E-state index contributed by atoms with van der Waals surface area (Å²) in [5, 5.41) is 4.84. The van der Waals surface area contributed by atoms with E-state index in [0.717, 1.165) is 20.5 Å². The van der Waals surface area contributed by atoms with E-state index in [9.17, 15) is 4.79 Å². The molecule has 0 aliphatic carbocycles. The largest absolute Gasteiger partial charge is 0.493 e. The van der Waals surface area contributed by atoms with Gasteiger partial charge in [-0.1, -0.05) is 17.7 Å². The van der Waals surface area contributed by atoms with E-state index < -0.39 is 0 Å². The maximum absolute atomic E-state index is 12.8. The average Bonchev–Trinajstić information content (AvgIpc) is 3.39. The molecule has 0 unspecified atom stereocenters. The first-order chi connectivity index (χ1) is 14.5. The van der Waals surface area contributed by atoms with Gasteiger partial charge < -0.3 is 14.5 Å². The molecule has 0 radical (unpaired) electrons. The van der Waals surface area contributed by atoms with Crippen LogP contribution < -0.4 is 15.0 Å². The summed E-state index contributed by atoms with van der Waals surface area (Å²) >= 11 is 13.0. The molecule has 0 saturated carbocycles. The van der Waals surface area contributed by atoms with Crippen LogP contribution in [0.25, 0.3) is 31.8 Å². The van der Waals surface area contributed by atoms with Gasteiger partial charge in [0, 0.05) is 15.8 Å². The van der Waals surface area contributed by atoms with Crippen molar-refractivity contribution >= 4 is 71.5 Å². The molecule has 0 atom stereocenters. The number of thiophene rings is 2. The molecule has 1 N–H and O–H groups in total. The van der Waals surface area contributed by atoms with Crippen molar-refractivity contribution in [2.45, 2.75) is 6.92 Å². The van der Waals surface area contributed by atoms with Gasteiger partial charge in [-0.25, -0.2) is 4.98 Å². The molecule has 5 nitrogen and oxygen atoms in total. The predicted molar refractivity (Wildman–Crippen MR) is 129 cm³/mol. The van der Waals surface area contributed by atoms with E-state index in [0.29, 0.717) is 39.2 Å². The van der Waals surface area contributed by atoms with Crippen LogP contribution in [0.1, 0.15) is 18.3 Å². The van der Waals surface area contributed by atoms with Gasteiger partial charge in [-0.05, 0) is 58.1 Å². The Morgan fingerprint density at radius 1 is 1.37 bits per heavy atom. The van der Waals surface area contributed by atoms with Crippen molar-refractivity contribution in [2.24, 2.45) is 0 Å². The molecule has 0 aliphatic heterocycles. The lowest BCUT2D eigenvalue weighted by molar-refractivity contribution is 0.309. The van der Waals surface area contributed by atoms with Gasteiger partial charge in [0.2, 0.25) is 0 Å². The second-order valence-corrected chi connectivity index (χ2v) is 9.25. The Bertz CT molecular complexity index is 1300. The van der Waals surface area contributed by atoms with Crippen molar-refractivity contribution in [1.29, 1.82) is 0 Å². The van der Waals surface area contributed by atoms with E-state index in [2.05, 4.69) is 25.9 Å². The van der Waals surface area contributed by atoms with Crippen LogP contribution in [0.4, 0.5) is 0 Å².